The average molecular weight is 366 g/mol. The first-order valence-corrected chi connectivity index (χ1v) is 9.32. The lowest BCUT2D eigenvalue weighted by atomic mass is 9.97. The SMILES string of the molecule is OCC1CCN(c2ccc(CNc3ncnc4c(F)cccc34)cc2)CC1. The molecule has 0 spiro atoms. The van der Waals surface area contributed by atoms with Crippen molar-refractivity contribution in [2.24, 2.45) is 5.92 Å². The Balaban J connectivity index is 1.42. The molecule has 0 bridgehead atoms. The first-order chi connectivity index (χ1) is 13.2. The molecule has 2 N–H and O–H groups in total. The highest BCUT2D eigenvalue weighted by Gasteiger charge is 2.18. The van der Waals surface area contributed by atoms with Gasteiger partial charge in [0.2, 0.25) is 0 Å². The van der Waals surface area contributed by atoms with Gasteiger partial charge in [0.15, 0.2) is 0 Å². The van der Waals surface area contributed by atoms with E-state index in [-0.39, 0.29) is 5.82 Å². The minimum atomic E-state index is -0.340. The van der Waals surface area contributed by atoms with Gasteiger partial charge in [0, 0.05) is 37.3 Å². The third kappa shape index (κ3) is 3.85. The van der Waals surface area contributed by atoms with Crippen LogP contribution in [-0.4, -0.2) is 34.8 Å². The summed E-state index contributed by atoms with van der Waals surface area (Å²) in [6, 6.07) is 13.4. The van der Waals surface area contributed by atoms with Gasteiger partial charge >= 0.3 is 0 Å². The molecule has 27 heavy (non-hydrogen) atoms. The number of hydrogen-bond donors (Lipinski definition) is 2. The number of aromatic nitrogens is 2. The lowest BCUT2D eigenvalue weighted by Gasteiger charge is -2.33. The van der Waals surface area contributed by atoms with Crippen molar-refractivity contribution in [3.63, 3.8) is 0 Å². The third-order valence-electron chi connectivity index (χ3n) is 5.25. The van der Waals surface area contributed by atoms with E-state index in [0.717, 1.165) is 31.5 Å². The molecule has 1 saturated heterocycles. The normalized spacial score (nSPS) is 15.3. The van der Waals surface area contributed by atoms with Crippen molar-refractivity contribution < 1.29 is 9.50 Å². The summed E-state index contributed by atoms with van der Waals surface area (Å²) in [5, 5.41) is 13.2. The zero-order chi connectivity index (χ0) is 18.6. The van der Waals surface area contributed by atoms with Crippen LogP contribution in [0.25, 0.3) is 10.9 Å². The maximum Gasteiger partial charge on any atom is 0.149 e. The molecule has 3 aromatic rings. The molecule has 4 rings (SSSR count). The molecular weight excluding hydrogens is 343 g/mol. The second-order valence-corrected chi connectivity index (χ2v) is 6.99. The van der Waals surface area contributed by atoms with Gasteiger partial charge in [0.25, 0.3) is 0 Å². The van der Waals surface area contributed by atoms with Crippen LogP contribution in [0.1, 0.15) is 18.4 Å². The molecule has 1 aliphatic rings. The quantitative estimate of drug-likeness (QED) is 0.723. The van der Waals surface area contributed by atoms with Gasteiger partial charge in [-0.05, 0) is 48.6 Å². The van der Waals surface area contributed by atoms with Gasteiger partial charge in [0.05, 0.1) is 0 Å². The Kier molecular flexibility index (Phi) is 5.16. The monoisotopic (exact) mass is 366 g/mol. The number of halogens is 1. The summed E-state index contributed by atoms with van der Waals surface area (Å²) in [6.45, 7) is 2.87. The highest BCUT2D eigenvalue weighted by molar-refractivity contribution is 5.89. The summed E-state index contributed by atoms with van der Waals surface area (Å²) in [6.07, 6.45) is 3.46. The minimum absolute atomic E-state index is 0.292. The Bertz CT molecular complexity index is 908. The molecule has 0 radical (unpaired) electrons. The number of nitrogens with one attached hydrogen (secondary N) is 1. The van der Waals surface area contributed by atoms with Crippen molar-refractivity contribution in [2.75, 3.05) is 29.9 Å². The van der Waals surface area contributed by atoms with Gasteiger partial charge in [0.1, 0.15) is 23.5 Å². The van der Waals surface area contributed by atoms with E-state index in [4.69, 9.17) is 0 Å². The van der Waals surface area contributed by atoms with Crippen LogP contribution in [0.4, 0.5) is 15.9 Å². The topological polar surface area (TPSA) is 61.3 Å². The zero-order valence-corrected chi connectivity index (χ0v) is 15.1. The van der Waals surface area contributed by atoms with Crippen LogP contribution >= 0.6 is 0 Å². The number of piperidine rings is 1. The van der Waals surface area contributed by atoms with Crippen LogP contribution in [0.15, 0.2) is 48.8 Å². The molecule has 140 valence electrons. The van der Waals surface area contributed by atoms with Crippen LogP contribution in [0.5, 0.6) is 0 Å². The molecule has 5 nitrogen and oxygen atoms in total. The average Bonchev–Trinajstić information content (AvgIpc) is 2.73. The lowest BCUT2D eigenvalue weighted by molar-refractivity contribution is 0.203. The summed E-state index contributed by atoms with van der Waals surface area (Å²) in [5.74, 6) is 0.735. The summed E-state index contributed by atoms with van der Waals surface area (Å²) in [7, 11) is 0. The Morgan fingerprint density at radius 1 is 1.07 bits per heavy atom. The standard InChI is InChI=1S/C21H23FN4O/c22-19-3-1-2-18-20(19)24-14-25-21(18)23-12-15-4-6-17(7-5-15)26-10-8-16(13-27)9-11-26/h1-7,14,16,27H,8-13H2,(H,23,24,25). The molecule has 0 unspecified atom stereocenters. The number of aliphatic hydroxyl groups excluding tert-OH is 1. The molecule has 0 amide bonds. The van der Waals surface area contributed by atoms with E-state index in [1.54, 1.807) is 6.07 Å². The maximum absolute atomic E-state index is 13.9. The number of benzene rings is 2. The van der Waals surface area contributed by atoms with Gasteiger partial charge in [-0.3, -0.25) is 0 Å². The lowest BCUT2D eigenvalue weighted by Crippen LogP contribution is -2.34. The molecule has 1 aliphatic heterocycles. The zero-order valence-electron chi connectivity index (χ0n) is 15.1. The number of nitrogens with zero attached hydrogens (tertiary/aromatic N) is 3. The van der Waals surface area contributed by atoms with E-state index in [1.165, 1.54) is 18.1 Å². The van der Waals surface area contributed by atoms with E-state index < -0.39 is 0 Å². The van der Waals surface area contributed by atoms with Gasteiger partial charge in [-0.2, -0.15) is 0 Å². The second-order valence-electron chi connectivity index (χ2n) is 6.99. The van der Waals surface area contributed by atoms with E-state index in [2.05, 4.69) is 44.5 Å². The highest BCUT2D eigenvalue weighted by Crippen LogP contribution is 2.24. The van der Waals surface area contributed by atoms with E-state index >= 15 is 0 Å². The number of fused-ring (bicyclic) bond motifs is 1. The fraction of sp³-hybridized carbons (Fsp3) is 0.333. The van der Waals surface area contributed by atoms with Crippen LogP contribution < -0.4 is 10.2 Å². The first kappa shape index (κ1) is 17.7. The van der Waals surface area contributed by atoms with Crippen molar-refractivity contribution in [1.29, 1.82) is 0 Å². The first-order valence-electron chi connectivity index (χ1n) is 9.32. The molecule has 0 saturated carbocycles. The van der Waals surface area contributed by atoms with Gasteiger partial charge in [-0.15, -0.1) is 0 Å². The highest BCUT2D eigenvalue weighted by atomic mass is 19.1. The predicted molar refractivity (Wildman–Crippen MR) is 105 cm³/mol. The van der Waals surface area contributed by atoms with Crippen molar-refractivity contribution >= 4 is 22.4 Å². The Labute approximate surface area is 157 Å². The van der Waals surface area contributed by atoms with Gasteiger partial charge in [-0.1, -0.05) is 18.2 Å². The van der Waals surface area contributed by atoms with Crippen LogP contribution in [-0.2, 0) is 6.54 Å². The fourth-order valence-corrected chi connectivity index (χ4v) is 3.58. The van der Waals surface area contributed by atoms with E-state index in [0.29, 0.717) is 35.8 Å². The molecule has 0 aliphatic carbocycles. The molecule has 1 aromatic heterocycles. The Hall–Kier alpha value is -2.73. The summed E-state index contributed by atoms with van der Waals surface area (Å²) >= 11 is 0. The van der Waals surface area contributed by atoms with Crippen molar-refractivity contribution in [3.8, 4) is 0 Å². The van der Waals surface area contributed by atoms with Crippen molar-refractivity contribution in [1.82, 2.24) is 9.97 Å². The molecular formula is C21H23FN4O. The van der Waals surface area contributed by atoms with E-state index in [1.807, 2.05) is 6.07 Å². The Morgan fingerprint density at radius 3 is 2.59 bits per heavy atom. The largest absolute Gasteiger partial charge is 0.396 e. The predicted octanol–water partition coefficient (Wildman–Crippen LogP) is 3.59. The number of rotatable bonds is 5. The van der Waals surface area contributed by atoms with Crippen molar-refractivity contribution in [2.45, 2.75) is 19.4 Å². The van der Waals surface area contributed by atoms with Crippen LogP contribution in [0, 0.1) is 11.7 Å². The van der Waals surface area contributed by atoms with E-state index in [9.17, 15) is 9.50 Å². The maximum atomic E-state index is 13.9. The minimum Gasteiger partial charge on any atom is -0.396 e. The number of anilines is 2. The van der Waals surface area contributed by atoms with Crippen LogP contribution in [0.3, 0.4) is 0 Å². The van der Waals surface area contributed by atoms with Crippen LogP contribution in [0.2, 0.25) is 0 Å². The number of aliphatic hydroxyl groups is 1. The molecule has 2 heterocycles. The molecule has 6 heteroatoms. The summed E-state index contributed by atoms with van der Waals surface area (Å²) < 4.78 is 13.9. The van der Waals surface area contributed by atoms with Gasteiger partial charge < -0.3 is 15.3 Å². The van der Waals surface area contributed by atoms with Crippen molar-refractivity contribution in [3.05, 3.63) is 60.2 Å². The number of hydrogen-bond acceptors (Lipinski definition) is 5. The fourth-order valence-electron chi connectivity index (χ4n) is 3.58. The molecule has 1 fully saturated rings. The number of para-hydroxylation sites is 1. The summed E-state index contributed by atoms with van der Waals surface area (Å²) in [5.41, 5.74) is 2.67. The van der Waals surface area contributed by atoms with Gasteiger partial charge in [-0.25, -0.2) is 14.4 Å². The third-order valence-corrected chi connectivity index (χ3v) is 5.25. The Morgan fingerprint density at radius 2 is 1.85 bits per heavy atom. The summed E-state index contributed by atoms with van der Waals surface area (Å²) in [4.78, 5) is 10.6. The second kappa shape index (κ2) is 7.88. The molecule has 0 atom stereocenters. The molecule has 2 aromatic carbocycles. The smallest absolute Gasteiger partial charge is 0.149 e.